The van der Waals surface area contributed by atoms with E-state index in [0.29, 0.717) is 13.1 Å². The van der Waals surface area contributed by atoms with Crippen LogP contribution in [-0.2, 0) is 0 Å². The van der Waals surface area contributed by atoms with E-state index in [1.165, 1.54) is 12.1 Å². The van der Waals surface area contributed by atoms with Gasteiger partial charge in [0, 0.05) is 13.1 Å². The molecule has 0 radical (unpaired) electrons. The molecule has 1 aliphatic heterocycles. The lowest BCUT2D eigenvalue weighted by Gasteiger charge is -2.27. The predicted molar refractivity (Wildman–Crippen MR) is 90.4 cm³/mol. The summed E-state index contributed by atoms with van der Waals surface area (Å²) in [7, 11) is 0. The highest BCUT2D eigenvalue weighted by Crippen LogP contribution is 2.23. The molecule has 1 N–H and O–H groups in total. The zero-order chi connectivity index (χ0) is 19.6. The maximum atomic E-state index is 13.8. The molecule has 3 rings (SSSR count). The molecule has 2 aromatic rings. The van der Waals surface area contributed by atoms with Gasteiger partial charge < -0.3 is 10.2 Å². The molecule has 0 bridgehead atoms. The van der Waals surface area contributed by atoms with Crippen molar-refractivity contribution in [3.8, 4) is 0 Å². The fourth-order valence-corrected chi connectivity index (χ4v) is 2.97. The Morgan fingerprint density at radius 3 is 2.22 bits per heavy atom. The van der Waals surface area contributed by atoms with Gasteiger partial charge in [-0.15, -0.1) is 0 Å². The molecule has 1 saturated heterocycles. The van der Waals surface area contributed by atoms with Gasteiger partial charge in [0.1, 0.15) is 0 Å². The quantitative estimate of drug-likeness (QED) is 0.495. The largest absolute Gasteiger partial charge is 0.339 e. The van der Waals surface area contributed by atoms with Crippen molar-refractivity contribution in [2.24, 2.45) is 0 Å². The molecule has 1 fully saturated rings. The molecular weight excluding hydrogens is 364 g/mol. The monoisotopic (exact) mass is 380 g/mol. The number of carbonyl (C=O) groups excluding carboxylic acids is 2. The number of halogens is 4. The molecular formula is C19H16F4N2O2. The summed E-state index contributed by atoms with van der Waals surface area (Å²) in [5.41, 5.74) is -0.745. The Hall–Kier alpha value is -2.90. The minimum atomic E-state index is -2.07. The zero-order valence-corrected chi connectivity index (χ0v) is 14.2. The summed E-state index contributed by atoms with van der Waals surface area (Å²) in [5.74, 6) is -9.04. The van der Waals surface area contributed by atoms with Crippen molar-refractivity contribution in [2.75, 3.05) is 18.4 Å². The van der Waals surface area contributed by atoms with Gasteiger partial charge >= 0.3 is 0 Å². The molecule has 4 nitrogen and oxygen atoms in total. The highest BCUT2D eigenvalue weighted by Gasteiger charge is 2.25. The maximum absolute atomic E-state index is 13.8. The minimum absolute atomic E-state index is 0.0719. The normalized spacial score (nSPS) is 14.1. The van der Waals surface area contributed by atoms with Crippen molar-refractivity contribution in [2.45, 2.75) is 19.3 Å². The first-order valence-corrected chi connectivity index (χ1v) is 8.42. The summed E-state index contributed by atoms with van der Waals surface area (Å²) in [5, 5.41) is 2.28. The first-order chi connectivity index (χ1) is 12.9. The minimum Gasteiger partial charge on any atom is -0.339 e. The van der Waals surface area contributed by atoms with E-state index in [1.54, 1.807) is 17.0 Å². The molecule has 1 heterocycles. The number of amides is 2. The van der Waals surface area contributed by atoms with E-state index in [1.807, 2.05) is 0 Å². The molecule has 2 aromatic carbocycles. The Kier molecular flexibility index (Phi) is 5.43. The van der Waals surface area contributed by atoms with Crippen molar-refractivity contribution in [3.05, 3.63) is 64.7 Å². The van der Waals surface area contributed by atoms with E-state index in [2.05, 4.69) is 5.32 Å². The molecule has 0 saturated carbocycles. The van der Waals surface area contributed by atoms with Crippen molar-refractivity contribution < 1.29 is 27.2 Å². The molecule has 8 heteroatoms. The summed E-state index contributed by atoms with van der Waals surface area (Å²) in [6, 6.07) is 6.34. The lowest BCUT2D eigenvalue weighted by molar-refractivity contribution is 0.0725. The third kappa shape index (κ3) is 3.79. The SMILES string of the molecule is O=C(Nc1ccccc1C(=O)N1CCCCC1)c1cc(F)c(F)c(F)c1F. The van der Waals surface area contributed by atoms with E-state index < -0.39 is 34.7 Å². The number of para-hydroxylation sites is 1. The average molecular weight is 380 g/mol. The number of carbonyl (C=O) groups is 2. The molecule has 27 heavy (non-hydrogen) atoms. The summed E-state index contributed by atoms with van der Waals surface area (Å²) < 4.78 is 53.6. The van der Waals surface area contributed by atoms with E-state index >= 15 is 0 Å². The summed E-state index contributed by atoms with van der Waals surface area (Å²) >= 11 is 0. The van der Waals surface area contributed by atoms with E-state index in [0.717, 1.165) is 19.3 Å². The second-order valence-electron chi connectivity index (χ2n) is 6.20. The first kappa shape index (κ1) is 18.9. The molecule has 1 aliphatic rings. The third-order valence-electron chi connectivity index (χ3n) is 4.40. The number of rotatable bonds is 3. The average Bonchev–Trinajstić information content (AvgIpc) is 2.69. The van der Waals surface area contributed by atoms with E-state index in [4.69, 9.17) is 0 Å². The van der Waals surface area contributed by atoms with E-state index in [9.17, 15) is 27.2 Å². The smallest absolute Gasteiger partial charge is 0.258 e. The van der Waals surface area contributed by atoms with Gasteiger partial charge in [0.2, 0.25) is 0 Å². The molecule has 0 spiro atoms. The fourth-order valence-electron chi connectivity index (χ4n) is 2.97. The summed E-state index contributed by atoms with van der Waals surface area (Å²) in [6.07, 6.45) is 2.78. The number of anilines is 1. The van der Waals surface area contributed by atoms with Gasteiger partial charge in [0.05, 0.1) is 16.8 Å². The topological polar surface area (TPSA) is 49.4 Å². The summed E-state index contributed by atoms with van der Waals surface area (Å²) in [6.45, 7) is 1.17. The van der Waals surface area contributed by atoms with Crippen LogP contribution in [0.4, 0.5) is 23.2 Å². The first-order valence-electron chi connectivity index (χ1n) is 8.42. The number of nitrogens with zero attached hydrogens (tertiary/aromatic N) is 1. The van der Waals surface area contributed by atoms with E-state index in [-0.39, 0.29) is 23.2 Å². The Bertz CT molecular complexity index is 896. The fraction of sp³-hybridized carbons (Fsp3) is 0.263. The van der Waals surface area contributed by atoms with Crippen LogP contribution in [0, 0.1) is 23.3 Å². The number of hydrogen-bond donors (Lipinski definition) is 1. The van der Waals surface area contributed by atoms with Gasteiger partial charge in [-0.1, -0.05) is 12.1 Å². The Labute approximate surface area is 152 Å². The Morgan fingerprint density at radius 2 is 1.52 bits per heavy atom. The maximum Gasteiger partial charge on any atom is 0.258 e. The standard InChI is InChI=1S/C19H16F4N2O2/c20-13-10-12(15(21)17(23)16(13)22)18(26)24-14-7-3-2-6-11(14)19(27)25-8-4-1-5-9-25/h2-3,6-7,10H,1,4-5,8-9H2,(H,24,26). The molecule has 0 unspecified atom stereocenters. The Balaban J connectivity index is 1.88. The van der Waals surface area contributed by atoms with Crippen molar-refractivity contribution in [1.82, 2.24) is 4.90 Å². The number of nitrogens with one attached hydrogen (secondary N) is 1. The van der Waals surface area contributed by atoms with Crippen LogP contribution in [-0.4, -0.2) is 29.8 Å². The van der Waals surface area contributed by atoms with Crippen LogP contribution >= 0.6 is 0 Å². The second-order valence-corrected chi connectivity index (χ2v) is 6.20. The van der Waals surface area contributed by atoms with Crippen LogP contribution in [0.5, 0.6) is 0 Å². The van der Waals surface area contributed by atoms with Crippen LogP contribution in [0.1, 0.15) is 40.0 Å². The molecule has 0 atom stereocenters. The van der Waals surface area contributed by atoms with Gasteiger partial charge in [-0.05, 0) is 37.5 Å². The van der Waals surface area contributed by atoms with Crippen LogP contribution in [0.15, 0.2) is 30.3 Å². The number of likely N-dealkylation sites (tertiary alicyclic amines) is 1. The van der Waals surface area contributed by atoms with Gasteiger partial charge in [0.25, 0.3) is 11.8 Å². The van der Waals surface area contributed by atoms with Crippen LogP contribution < -0.4 is 5.32 Å². The molecule has 0 aromatic heterocycles. The highest BCUT2D eigenvalue weighted by atomic mass is 19.2. The summed E-state index contributed by atoms with van der Waals surface area (Å²) in [4.78, 5) is 26.6. The van der Waals surface area contributed by atoms with Gasteiger partial charge in [-0.2, -0.15) is 0 Å². The zero-order valence-electron chi connectivity index (χ0n) is 14.2. The third-order valence-corrected chi connectivity index (χ3v) is 4.40. The second kappa shape index (κ2) is 7.77. The predicted octanol–water partition coefficient (Wildman–Crippen LogP) is 4.12. The van der Waals surface area contributed by atoms with Gasteiger partial charge in [-0.25, -0.2) is 17.6 Å². The Morgan fingerprint density at radius 1 is 0.852 bits per heavy atom. The lowest BCUT2D eigenvalue weighted by Crippen LogP contribution is -2.36. The molecule has 0 aliphatic carbocycles. The van der Waals surface area contributed by atoms with Crippen molar-refractivity contribution >= 4 is 17.5 Å². The van der Waals surface area contributed by atoms with Crippen molar-refractivity contribution in [3.63, 3.8) is 0 Å². The van der Waals surface area contributed by atoms with Crippen LogP contribution in [0.25, 0.3) is 0 Å². The number of benzene rings is 2. The van der Waals surface area contributed by atoms with Crippen LogP contribution in [0.2, 0.25) is 0 Å². The van der Waals surface area contributed by atoms with Gasteiger partial charge in [-0.3, -0.25) is 9.59 Å². The highest BCUT2D eigenvalue weighted by molar-refractivity contribution is 6.09. The van der Waals surface area contributed by atoms with Crippen LogP contribution in [0.3, 0.4) is 0 Å². The lowest BCUT2D eigenvalue weighted by atomic mass is 10.1. The van der Waals surface area contributed by atoms with Gasteiger partial charge in [0.15, 0.2) is 23.3 Å². The number of hydrogen-bond acceptors (Lipinski definition) is 2. The number of piperidine rings is 1. The molecule has 142 valence electrons. The molecule has 2 amide bonds. The van der Waals surface area contributed by atoms with Crippen molar-refractivity contribution in [1.29, 1.82) is 0 Å².